The lowest BCUT2D eigenvalue weighted by molar-refractivity contribution is -0.133. The molecule has 2 aromatic carbocycles. The number of phenolic OH excluding ortho intramolecular Hbond substituents is 1. The second-order valence-electron chi connectivity index (χ2n) is 7.81. The minimum absolute atomic E-state index is 0.0318. The van der Waals surface area contributed by atoms with Crippen LogP contribution in [0.15, 0.2) is 42.5 Å². The Labute approximate surface area is 173 Å². The van der Waals surface area contributed by atoms with Crippen molar-refractivity contribution >= 4 is 17.5 Å². The van der Waals surface area contributed by atoms with Gasteiger partial charge in [0, 0.05) is 25.6 Å². The molecule has 2 aromatic rings. The van der Waals surface area contributed by atoms with E-state index < -0.39 is 12.0 Å². The second-order valence-corrected chi connectivity index (χ2v) is 8.22. The topological polar surface area (TPSA) is 43.8 Å². The van der Waals surface area contributed by atoms with Gasteiger partial charge in [-0.2, -0.15) is 0 Å². The maximum absolute atomic E-state index is 14.9. The summed E-state index contributed by atoms with van der Waals surface area (Å²) >= 11 is 5.72. The Morgan fingerprint density at radius 2 is 1.86 bits per heavy atom. The first-order chi connectivity index (χ1) is 13.9. The monoisotopic (exact) mass is 420 g/mol. The van der Waals surface area contributed by atoms with Gasteiger partial charge in [0.15, 0.2) is 0 Å². The molecule has 0 saturated carbocycles. The summed E-state index contributed by atoms with van der Waals surface area (Å²) in [6.07, 6.45) is 0.199. The van der Waals surface area contributed by atoms with Crippen LogP contribution in [0.2, 0.25) is 5.02 Å². The lowest BCUT2D eigenvalue weighted by atomic mass is 9.87. The summed E-state index contributed by atoms with van der Waals surface area (Å²) in [7, 11) is 0. The van der Waals surface area contributed by atoms with Crippen molar-refractivity contribution < 1.29 is 18.7 Å². The van der Waals surface area contributed by atoms with E-state index in [0.29, 0.717) is 38.0 Å². The molecule has 7 heteroatoms. The number of carbonyl (C=O) groups excluding carboxylic acids is 1. The molecular formula is C22H23ClF2N2O2. The number of phenols is 1. The Hall–Kier alpha value is -2.18. The minimum atomic E-state index is -1.07. The Morgan fingerprint density at radius 1 is 1.10 bits per heavy atom. The van der Waals surface area contributed by atoms with E-state index >= 15 is 0 Å². The van der Waals surface area contributed by atoms with Crippen LogP contribution in [0, 0.1) is 5.82 Å². The second kappa shape index (κ2) is 8.28. The fraction of sp³-hybridized carbons (Fsp3) is 0.409. The number of amides is 1. The van der Waals surface area contributed by atoms with Crippen LogP contribution >= 0.6 is 11.6 Å². The number of aromatic hydroxyl groups is 1. The molecule has 0 unspecified atom stereocenters. The lowest BCUT2D eigenvalue weighted by Crippen LogP contribution is -2.49. The van der Waals surface area contributed by atoms with Gasteiger partial charge in [-0.05, 0) is 54.8 Å². The zero-order valence-corrected chi connectivity index (χ0v) is 16.7. The number of piperidine rings is 1. The van der Waals surface area contributed by atoms with Crippen molar-refractivity contribution in [2.75, 3.05) is 19.6 Å². The summed E-state index contributed by atoms with van der Waals surface area (Å²) in [4.78, 5) is 16.5. The highest BCUT2D eigenvalue weighted by Crippen LogP contribution is 2.33. The third-order valence-corrected chi connectivity index (χ3v) is 6.27. The number of halogens is 3. The highest BCUT2D eigenvalue weighted by molar-refractivity contribution is 6.30. The lowest BCUT2D eigenvalue weighted by Gasteiger charge is -2.37. The van der Waals surface area contributed by atoms with Crippen molar-refractivity contribution in [3.8, 4) is 5.75 Å². The Morgan fingerprint density at radius 3 is 2.55 bits per heavy atom. The number of alkyl halides is 1. The molecule has 0 radical (unpaired) electrons. The Balaban J connectivity index is 1.38. The zero-order valence-electron chi connectivity index (χ0n) is 15.9. The van der Waals surface area contributed by atoms with Gasteiger partial charge in [-0.1, -0.05) is 29.8 Å². The van der Waals surface area contributed by atoms with Crippen LogP contribution in [0.5, 0.6) is 5.75 Å². The van der Waals surface area contributed by atoms with Gasteiger partial charge < -0.3 is 10.0 Å². The number of hydrogen-bond donors (Lipinski definition) is 1. The molecule has 0 aromatic heterocycles. The molecule has 2 heterocycles. The van der Waals surface area contributed by atoms with E-state index in [1.165, 1.54) is 12.1 Å². The van der Waals surface area contributed by atoms with Crippen molar-refractivity contribution in [1.29, 1.82) is 0 Å². The molecule has 3 atom stereocenters. The number of rotatable bonds is 4. The number of benzene rings is 2. The van der Waals surface area contributed by atoms with Gasteiger partial charge in [-0.3, -0.25) is 9.69 Å². The number of nitrogens with zero attached hydrogens (tertiary/aromatic N) is 2. The molecule has 2 fully saturated rings. The first kappa shape index (κ1) is 20.1. The summed E-state index contributed by atoms with van der Waals surface area (Å²) in [5, 5.41) is 9.48. The first-order valence-electron chi connectivity index (χ1n) is 9.82. The third-order valence-electron chi connectivity index (χ3n) is 5.96. The summed E-state index contributed by atoms with van der Waals surface area (Å²) < 4.78 is 28.6. The molecule has 2 aliphatic heterocycles. The van der Waals surface area contributed by atoms with Crippen molar-refractivity contribution in [1.82, 2.24) is 9.80 Å². The van der Waals surface area contributed by atoms with E-state index in [2.05, 4.69) is 0 Å². The van der Waals surface area contributed by atoms with E-state index in [-0.39, 0.29) is 35.2 Å². The standard InChI is InChI=1S/C22H23ClF2N2O2/c23-18-6-1-14(11-19(18)24)12-27-10-8-21(22(27)29)26-9-7-17(20(25)13-26)15-2-4-16(28)5-3-15/h1-6,11,17,20-21,28H,7-10,12-13H2/t17-,20+,21+/m1/s1. The third kappa shape index (κ3) is 4.23. The van der Waals surface area contributed by atoms with Gasteiger partial charge in [0.25, 0.3) is 0 Å². The molecule has 2 saturated heterocycles. The van der Waals surface area contributed by atoms with E-state index in [1.54, 1.807) is 35.2 Å². The molecule has 1 amide bonds. The number of likely N-dealkylation sites (tertiary alicyclic amines) is 2. The highest BCUT2D eigenvalue weighted by Gasteiger charge is 2.40. The quantitative estimate of drug-likeness (QED) is 0.809. The van der Waals surface area contributed by atoms with E-state index in [1.807, 2.05) is 4.90 Å². The van der Waals surface area contributed by atoms with Crippen molar-refractivity contribution in [3.05, 3.63) is 64.4 Å². The SMILES string of the molecule is O=C1[C@@H](N2CC[C@H](c3ccc(O)cc3)[C@@H](F)C2)CCN1Cc1ccc(Cl)c(F)c1. The molecule has 0 aliphatic carbocycles. The van der Waals surface area contributed by atoms with Gasteiger partial charge in [0.1, 0.15) is 17.7 Å². The molecular weight excluding hydrogens is 398 g/mol. The van der Waals surface area contributed by atoms with Crippen LogP contribution in [0.1, 0.15) is 29.9 Å². The molecule has 0 spiro atoms. The average molecular weight is 421 g/mol. The smallest absolute Gasteiger partial charge is 0.240 e. The molecule has 4 rings (SSSR count). The summed E-state index contributed by atoms with van der Waals surface area (Å²) in [5.74, 6) is -0.588. The van der Waals surface area contributed by atoms with Gasteiger partial charge in [-0.15, -0.1) is 0 Å². The summed E-state index contributed by atoms with van der Waals surface area (Å²) in [6, 6.07) is 10.9. The zero-order chi connectivity index (χ0) is 20.5. The molecule has 2 aliphatic rings. The molecule has 4 nitrogen and oxygen atoms in total. The largest absolute Gasteiger partial charge is 0.508 e. The number of hydrogen-bond acceptors (Lipinski definition) is 3. The van der Waals surface area contributed by atoms with Gasteiger partial charge >= 0.3 is 0 Å². The summed E-state index contributed by atoms with van der Waals surface area (Å²) in [6.45, 7) is 1.76. The van der Waals surface area contributed by atoms with Crippen molar-refractivity contribution in [2.24, 2.45) is 0 Å². The van der Waals surface area contributed by atoms with Crippen LogP contribution in [0.25, 0.3) is 0 Å². The Kier molecular flexibility index (Phi) is 5.74. The molecule has 29 heavy (non-hydrogen) atoms. The fourth-order valence-corrected chi connectivity index (χ4v) is 4.50. The van der Waals surface area contributed by atoms with E-state index in [4.69, 9.17) is 11.6 Å². The van der Waals surface area contributed by atoms with Crippen molar-refractivity contribution in [2.45, 2.75) is 37.5 Å². The fourth-order valence-electron chi connectivity index (χ4n) is 4.39. The van der Waals surface area contributed by atoms with Crippen LogP contribution in [0.4, 0.5) is 8.78 Å². The molecule has 0 bridgehead atoms. The maximum Gasteiger partial charge on any atom is 0.240 e. The normalized spacial score (nSPS) is 25.6. The van der Waals surface area contributed by atoms with Gasteiger partial charge in [0.2, 0.25) is 5.91 Å². The van der Waals surface area contributed by atoms with Crippen LogP contribution in [0.3, 0.4) is 0 Å². The van der Waals surface area contributed by atoms with E-state index in [0.717, 1.165) is 5.56 Å². The Bertz CT molecular complexity index is 893. The van der Waals surface area contributed by atoms with Gasteiger partial charge in [-0.25, -0.2) is 8.78 Å². The highest BCUT2D eigenvalue weighted by atomic mass is 35.5. The predicted molar refractivity (Wildman–Crippen MR) is 107 cm³/mol. The van der Waals surface area contributed by atoms with Crippen LogP contribution in [-0.4, -0.2) is 52.7 Å². The molecule has 1 N–H and O–H groups in total. The van der Waals surface area contributed by atoms with Gasteiger partial charge in [0.05, 0.1) is 11.1 Å². The van der Waals surface area contributed by atoms with Crippen LogP contribution < -0.4 is 0 Å². The maximum atomic E-state index is 14.9. The van der Waals surface area contributed by atoms with E-state index in [9.17, 15) is 18.7 Å². The predicted octanol–water partition coefficient (Wildman–Crippen LogP) is 4.11. The summed E-state index contributed by atoms with van der Waals surface area (Å²) in [5.41, 5.74) is 1.56. The average Bonchev–Trinajstić information content (AvgIpc) is 3.06. The van der Waals surface area contributed by atoms with Crippen LogP contribution in [-0.2, 0) is 11.3 Å². The van der Waals surface area contributed by atoms with Crippen molar-refractivity contribution in [3.63, 3.8) is 0 Å². The minimum Gasteiger partial charge on any atom is -0.508 e. The number of carbonyl (C=O) groups is 1. The first-order valence-corrected chi connectivity index (χ1v) is 10.2. The molecule has 154 valence electrons.